The Kier molecular flexibility index (Phi) is 8.78. The lowest BCUT2D eigenvalue weighted by Crippen LogP contribution is -2.29. The van der Waals surface area contributed by atoms with Crippen LogP contribution in [0.4, 0.5) is 0 Å². The van der Waals surface area contributed by atoms with Gasteiger partial charge in [0.25, 0.3) is 11.7 Å². The molecule has 210 valence electrons. The van der Waals surface area contributed by atoms with Crippen LogP contribution in [0.1, 0.15) is 36.7 Å². The third kappa shape index (κ3) is 5.38. The summed E-state index contributed by atoms with van der Waals surface area (Å²) < 4.78 is 27.9. The van der Waals surface area contributed by atoms with Crippen LogP contribution in [-0.2, 0) is 16.1 Å². The van der Waals surface area contributed by atoms with Gasteiger partial charge in [0.1, 0.15) is 17.3 Å². The first-order chi connectivity index (χ1) is 19.4. The van der Waals surface area contributed by atoms with Gasteiger partial charge in [0.05, 0.1) is 64.0 Å². The van der Waals surface area contributed by atoms with Crippen molar-refractivity contribution in [3.8, 4) is 28.7 Å². The summed E-state index contributed by atoms with van der Waals surface area (Å²) >= 11 is 0. The van der Waals surface area contributed by atoms with E-state index >= 15 is 0 Å². The molecule has 0 radical (unpaired) electrons. The molecule has 40 heavy (non-hydrogen) atoms. The van der Waals surface area contributed by atoms with Gasteiger partial charge >= 0.3 is 0 Å². The fraction of sp³-hybridized carbons (Fsp3) is 0.300. The second-order valence-electron chi connectivity index (χ2n) is 8.73. The first-order valence-electron chi connectivity index (χ1n) is 12.8. The Morgan fingerprint density at radius 1 is 0.900 bits per heavy atom. The number of aliphatic hydroxyl groups excluding tert-OH is 1. The molecule has 10 heteroatoms. The topological polar surface area (TPSA) is 117 Å². The number of nitrogens with zero attached hydrogens (tertiary/aromatic N) is 2. The Hall–Kier alpha value is -4.73. The van der Waals surface area contributed by atoms with Gasteiger partial charge in [-0.25, -0.2) is 0 Å². The normalized spacial score (nSPS) is 16.1. The van der Waals surface area contributed by atoms with Crippen molar-refractivity contribution in [1.82, 2.24) is 9.88 Å². The molecule has 1 saturated heterocycles. The summed E-state index contributed by atoms with van der Waals surface area (Å²) in [5.74, 6) is -0.149. The summed E-state index contributed by atoms with van der Waals surface area (Å²) in [7, 11) is 4.43. The molecule has 1 amide bonds. The maximum absolute atomic E-state index is 13.6. The van der Waals surface area contributed by atoms with Gasteiger partial charge in [0, 0.05) is 12.3 Å². The number of aromatic nitrogens is 1. The van der Waals surface area contributed by atoms with Crippen molar-refractivity contribution in [1.29, 1.82) is 0 Å². The lowest BCUT2D eigenvalue weighted by Gasteiger charge is -2.26. The maximum atomic E-state index is 13.6. The van der Waals surface area contributed by atoms with Crippen LogP contribution < -0.4 is 23.7 Å². The smallest absolute Gasteiger partial charge is 0.296 e. The molecule has 1 fully saturated rings. The monoisotopic (exact) mass is 548 g/mol. The molecular formula is C30H32N2O8. The Morgan fingerprint density at radius 2 is 1.60 bits per heavy atom. The Bertz CT molecular complexity index is 1400. The van der Waals surface area contributed by atoms with Crippen LogP contribution in [0.25, 0.3) is 5.76 Å². The standard InChI is InChI=1S/C30H32N2O8/c1-6-39-20-11-12-21(22(16-20)40-7-2)27(33)25-26(18-14-23(36-3)29(38-5)24(15-18)37-4)32(30(35)28(25)34)17-19-10-8-9-13-31-19/h8-16,26,33H,6-7,17H2,1-5H3/b27-25+. The molecular weight excluding hydrogens is 516 g/mol. The number of pyridine rings is 1. The summed E-state index contributed by atoms with van der Waals surface area (Å²) in [6, 6.07) is 12.5. The molecule has 2 heterocycles. The molecule has 1 atom stereocenters. The number of amides is 1. The third-order valence-electron chi connectivity index (χ3n) is 6.42. The Morgan fingerprint density at radius 3 is 2.17 bits per heavy atom. The van der Waals surface area contributed by atoms with Gasteiger partial charge in [-0.2, -0.15) is 0 Å². The molecule has 2 aromatic carbocycles. The summed E-state index contributed by atoms with van der Waals surface area (Å²) in [5.41, 5.74) is 1.17. The molecule has 4 rings (SSSR count). The van der Waals surface area contributed by atoms with E-state index in [-0.39, 0.29) is 23.4 Å². The highest BCUT2D eigenvalue weighted by atomic mass is 16.5. The third-order valence-corrected chi connectivity index (χ3v) is 6.42. The van der Waals surface area contributed by atoms with Crippen molar-refractivity contribution in [2.24, 2.45) is 0 Å². The zero-order chi connectivity index (χ0) is 28.8. The van der Waals surface area contributed by atoms with E-state index in [9.17, 15) is 14.7 Å². The molecule has 0 bridgehead atoms. The lowest BCUT2D eigenvalue weighted by molar-refractivity contribution is -0.140. The predicted molar refractivity (Wildman–Crippen MR) is 147 cm³/mol. The average Bonchev–Trinajstić information content (AvgIpc) is 3.22. The molecule has 1 aliphatic heterocycles. The van der Waals surface area contributed by atoms with E-state index in [2.05, 4.69) is 4.98 Å². The average molecular weight is 549 g/mol. The number of ketones is 1. The van der Waals surface area contributed by atoms with Crippen molar-refractivity contribution >= 4 is 17.4 Å². The summed E-state index contributed by atoms with van der Waals surface area (Å²) in [5, 5.41) is 11.7. The quantitative estimate of drug-likeness (QED) is 0.210. The minimum Gasteiger partial charge on any atom is -0.507 e. The molecule has 0 saturated carbocycles. The lowest BCUT2D eigenvalue weighted by atomic mass is 9.94. The van der Waals surface area contributed by atoms with Crippen molar-refractivity contribution in [2.75, 3.05) is 34.5 Å². The van der Waals surface area contributed by atoms with Gasteiger partial charge in [-0.3, -0.25) is 14.6 Å². The second-order valence-corrected chi connectivity index (χ2v) is 8.73. The van der Waals surface area contributed by atoms with Crippen LogP contribution in [0.2, 0.25) is 0 Å². The number of aliphatic hydroxyl groups is 1. The molecule has 1 unspecified atom stereocenters. The van der Waals surface area contributed by atoms with E-state index in [1.165, 1.54) is 26.2 Å². The zero-order valence-corrected chi connectivity index (χ0v) is 23.1. The molecule has 1 N–H and O–H groups in total. The highest BCUT2D eigenvalue weighted by Gasteiger charge is 2.47. The molecule has 0 spiro atoms. The number of rotatable bonds is 11. The van der Waals surface area contributed by atoms with Crippen LogP contribution in [0.15, 0.2) is 60.3 Å². The van der Waals surface area contributed by atoms with E-state index < -0.39 is 17.7 Å². The van der Waals surface area contributed by atoms with Crippen molar-refractivity contribution in [3.05, 3.63) is 77.1 Å². The van der Waals surface area contributed by atoms with E-state index in [1.807, 2.05) is 6.92 Å². The largest absolute Gasteiger partial charge is 0.507 e. The number of hydrogen-bond acceptors (Lipinski definition) is 9. The van der Waals surface area contributed by atoms with Crippen LogP contribution in [-0.4, -0.2) is 61.2 Å². The number of methoxy groups -OCH3 is 3. The number of hydrogen-bond donors (Lipinski definition) is 1. The highest BCUT2D eigenvalue weighted by Crippen LogP contribution is 2.47. The van der Waals surface area contributed by atoms with Gasteiger partial charge in [-0.15, -0.1) is 0 Å². The number of carbonyl (C=O) groups excluding carboxylic acids is 2. The van der Waals surface area contributed by atoms with Gasteiger partial charge in [-0.05, 0) is 55.8 Å². The SMILES string of the molecule is CCOc1ccc(/C(O)=C2\C(=O)C(=O)N(Cc3ccccn3)C2c2cc(OC)c(OC)c(OC)c2)c(OCC)c1. The van der Waals surface area contributed by atoms with Gasteiger partial charge in [-0.1, -0.05) is 6.07 Å². The van der Waals surface area contributed by atoms with Crippen molar-refractivity contribution in [2.45, 2.75) is 26.4 Å². The fourth-order valence-electron chi connectivity index (χ4n) is 4.69. The molecule has 1 aromatic heterocycles. The van der Waals surface area contributed by atoms with Crippen LogP contribution in [0.3, 0.4) is 0 Å². The summed E-state index contributed by atoms with van der Waals surface area (Å²) in [6.07, 6.45) is 1.61. The maximum Gasteiger partial charge on any atom is 0.296 e. The minimum absolute atomic E-state index is 0.0190. The molecule has 1 aliphatic rings. The Balaban J connectivity index is 1.96. The molecule has 10 nitrogen and oxygen atoms in total. The van der Waals surface area contributed by atoms with E-state index in [1.54, 1.807) is 61.7 Å². The van der Waals surface area contributed by atoms with Gasteiger partial charge in [0.15, 0.2) is 11.5 Å². The van der Waals surface area contributed by atoms with Crippen LogP contribution >= 0.6 is 0 Å². The van der Waals surface area contributed by atoms with Crippen LogP contribution in [0.5, 0.6) is 28.7 Å². The number of Topliss-reactive ketones (excluding diaryl/α,β-unsaturated/α-hetero) is 1. The van der Waals surface area contributed by atoms with Gasteiger partial charge in [0.2, 0.25) is 5.75 Å². The van der Waals surface area contributed by atoms with Gasteiger partial charge < -0.3 is 33.7 Å². The van der Waals surface area contributed by atoms with Crippen molar-refractivity contribution < 1.29 is 38.4 Å². The first kappa shape index (κ1) is 28.3. The summed E-state index contributed by atoms with van der Waals surface area (Å²) in [4.78, 5) is 32.8. The number of benzene rings is 2. The van der Waals surface area contributed by atoms with E-state index in [4.69, 9.17) is 23.7 Å². The highest BCUT2D eigenvalue weighted by molar-refractivity contribution is 6.46. The zero-order valence-electron chi connectivity index (χ0n) is 23.1. The predicted octanol–water partition coefficient (Wildman–Crippen LogP) is 4.53. The fourth-order valence-corrected chi connectivity index (χ4v) is 4.69. The summed E-state index contributed by atoms with van der Waals surface area (Å²) in [6.45, 7) is 4.43. The second kappa shape index (κ2) is 12.4. The number of carbonyl (C=O) groups is 2. The van der Waals surface area contributed by atoms with E-state index in [0.29, 0.717) is 53.2 Å². The minimum atomic E-state index is -1.00. The number of likely N-dealkylation sites (tertiary alicyclic amines) is 1. The number of ether oxygens (including phenoxy) is 5. The van der Waals surface area contributed by atoms with Crippen molar-refractivity contribution in [3.63, 3.8) is 0 Å². The van der Waals surface area contributed by atoms with E-state index in [0.717, 1.165) is 0 Å². The molecule has 0 aliphatic carbocycles. The Labute approximate surface area is 232 Å². The van der Waals surface area contributed by atoms with Crippen LogP contribution in [0, 0.1) is 0 Å². The first-order valence-corrected chi connectivity index (χ1v) is 12.8. The molecule has 3 aromatic rings.